The van der Waals surface area contributed by atoms with Crippen LogP contribution in [0.4, 0.5) is 22.0 Å². The van der Waals surface area contributed by atoms with Crippen molar-refractivity contribution in [2.24, 2.45) is 0 Å². The van der Waals surface area contributed by atoms with Gasteiger partial charge in [-0.3, -0.25) is 0 Å². The molecule has 2 aromatic carbocycles. The molecule has 0 saturated heterocycles. The number of benzene rings is 2. The van der Waals surface area contributed by atoms with Crippen molar-refractivity contribution in [3.8, 4) is 28.4 Å². The van der Waals surface area contributed by atoms with Crippen molar-refractivity contribution in [2.75, 3.05) is 6.61 Å². The third kappa shape index (κ3) is 4.95. The van der Waals surface area contributed by atoms with Gasteiger partial charge in [-0.25, -0.2) is 13.8 Å². The Labute approximate surface area is 193 Å². The fourth-order valence-electron chi connectivity index (χ4n) is 3.38. The second-order valence-corrected chi connectivity index (χ2v) is 7.56. The largest absolute Gasteiger partial charge is 0.484 e. The molecule has 12 heteroatoms. The summed E-state index contributed by atoms with van der Waals surface area (Å²) in [5, 5.41) is 8.24. The summed E-state index contributed by atoms with van der Waals surface area (Å²) in [7, 11) is 0. The first kappa shape index (κ1) is 22.4. The Hall–Kier alpha value is -4.35. The predicted octanol–water partition coefficient (Wildman–Crippen LogP) is 4.84. The van der Waals surface area contributed by atoms with Crippen molar-refractivity contribution in [2.45, 2.75) is 12.7 Å². The molecule has 0 bridgehead atoms. The molecule has 5 aromatic rings. The summed E-state index contributed by atoms with van der Waals surface area (Å²) in [5.41, 5.74) is 2.12. The topological polar surface area (TPSA) is 80.7 Å². The monoisotopic (exact) mass is 488 g/mol. The minimum absolute atomic E-state index is 0.00227. The molecule has 0 saturated carbocycles. The van der Waals surface area contributed by atoms with Crippen molar-refractivity contribution < 1.29 is 35.9 Å². The molecule has 0 unspecified atom stereocenters. The summed E-state index contributed by atoms with van der Waals surface area (Å²) >= 11 is 0. The first-order valence-electron chi connectivity index (χ1n) is 10.2. The molecule has 0 amide bonds. The SMILES string of the molecule is Fc1cccc(-c2nc3cn[n+](Cc4cc(-c5ccc(OCC(F)(F)F)cc5)no4)cc3[nH]2)c1F. The molecule has 0 spiro atoms. The van der Waals surface area contributed by atoms with E-state index in [1.807, 2.05) is 0 Å². The summed E-state index contributed by atoms with van der Waals surface area (Å²) in [6.07, 6.45) is -1.30. The lowest BCUT2D eigenvalue weighted by Crippen LogP contribution is -2.37. The molecule has 0 radical (unpaired) electrons. The number of aromatic nitrogens is 5. The van der Waals surface area contributed by atoms with Crippen LogP contribution in [0.5, 0.6) is 5.75 Å². The minimum atomic E-state index is -4.41. The predicted molar refractivity (Wildman–Crippen MR) is 112 cm³/mol. The van der Waals surface area contributed by atoms with Crippen molar-refractivity contribution in [1.29, 1.82) is 0 Å². The van der Waals surface area contributed by atoms with E-state index in [4.69, 9.17) is 9.26 Å². The Morgan fingerprint density at radius 1 is 1.06 bits per heavy atom. The van der Waals surface area contributed by atoms with Crippen LogP contribution in [0, 0.1) is 11.6 Å². The van der Waals surface area contributed by atoms with Gasteiger partial charge in [-0.2, -0.15) is 13.2 Å². The first-order valence-corrected chi connectivity index (χ1v) is 10.2. The van der Waals surface area contributed by atoms with Gasteiger partial charge in [0.1, 0.15) is 34.5 Å². The molecule has 0 atom stereocenters. The quantitative estimate of drug-likeness (QED) is 0.274. The molecule has 5 rings (SSSR count). The van der Waals surface area contributed by atoms with Crippen LogP contribution in [0.2, 0.25) is 0 Å². The van der Waals surface area contributed by atoms with Gasteiger partial charge in [0.2, 0.25) is 18.5 Å². The van der Waals surface area contributed by atoms with E-state index >= 15 is 0 Å². The van der Waals surface area contributed by atoms with Crippen LogP contribution in [-0.2, 0) is 6.54 Å². The van der Waals surface area contributed by atoms with Gasteiger partial charge >= 0.3 is 6.18 Å². The van der Waals surface area contributed by atoms with Gasteiger partial charge in [0.25, 0.3) is 0 Å². The summed E-state index contributed by atoms with van der Waals surface area (Å²) in [5.74, 6) is -1.26. The number of nitrogens with one attached hydrogen (secondary N) is 1. The number of nitrogens with zero attached hydrogens (tertiary/aromatic N) is 4. The van der Waals surface area contributed by atoms with E-state index in [1.54, 1.807) is 29.1 Å². The lowest BCUT2D eigenvalue weighted by atomic mass is 10.1. The molecule has 1 N–H and O–H groups in total. The van der Waals surface area contributed by atoms with E-state index in [9.17, 15) is 22.0 Å². The molecule has 3 heterocycles. The van der Waals surface area contributed by atoms with Crippen LogP contribution in [0.25, 0.3) is 33.7 Å². The maximum absolute atomic E-state index is 14.1. The molecule has 3 aromatic heterocycles. The first-order chi connectivity index (χ1) is 16.7. The molecule has 0 aliphatic heterocycles. The molecule has 0 fully saturated rings. The Balaban J connectivity index is 1.31. The highest BCUT2D eigenvalue weighted by Crippen LogP contribution is 2.25. The van der Waals surface area contributed by atoms with Crippen molar-refractivity contribution in [3.05, 3.63) is 78.3 Å². The number of imidazole rings is 1. The van der Waals surface area contributed by atoms with Crippen LogP contribution in [0.1, 0.15) is 5.76 Å². The fraction of sp³-hybridized carbons (Fsp3) is 0.130. The van der Waals surface area contributed by atoms with Gasteiger partial charge in [0, 0.05) is 11.6 Å². The van der Waals surface area contributed by atoms with Gasteiger partial charge in [0.15, 0.2) is 18.2 Å². The average molecular weight is 488 g/mol. The Bertz CT molecular complexity index is 1490. The normalized spacial score (nSPS) is 11.8. The molecule has 178 valence electrons. The summed E-state index contributed by atoms with van der Waals surface area (Å²) in [6.45, 7) is -1.16. The maximum Gasteiger partial charge on any atom is 0.422 e. The zero-order valence-electron chi connectivity index (χ0n) is 17.7. The number of hydrogen-bond acceptors (Lipinski definition) is 5. The second kappa shape index (κ2) is 8.78. The van der Waals surface area contributed by atoms with Crippen LogP contribution >= 0.6 is 0 Å². The highest BCUT2D eigenvalue weighted by atomic mass is 19.4. The van der Waals surface area contributed by atoms with Crippen molar-refractivity contribution >= 4 is 11.0 Å². The number of aromatic amines is 1. The van der Waals surface area contributed by atoms with Gasteiger partial charge < -0.3 is 14.2 Å². The van der Waals surface area contributed by atoms with Gasteiger partial charge in [-0.1, -0.05) is 15.9 Å². The molecule has 0 aliphatic rings. The molecule has 7 nitrogen and oxygen atoms in total. The van der Waals surface area contributed by atoms with Crippen molar-refractivity contribution in [3.63, 3.8) is 0 Å². The van der Waals surface area contributed by atoms with Crippen LogP contribution in [-0.4, -0.2) is 33.0 Å². The van der Waals surface area contributed by atoms with Crippen molar-refractivity contribution in [1.82, 2.24) is 20.2 Å². The maximum atomic E-state index is 14.1. The van der Waals surface area contributed by atoms with Crippen LogP contribution in [0.3, 0.4) is 0 Å². The smallest absolute Gasteiger partial charge is 0.422 e. The molecule has 0 aliphatic carbocycles. The lowest BCUT2D eigenvalue weighted by molar-refractivity contribution is -0.746. The molecular weight excluding hydrogens is 473 g/mol. The number of fused-ring (bicyclic) bond motifs is 1. The van der Waals surface area contributed by atoms with Gasteiger partial charge in [-0.05, 0) is 41.5 Å². The van der Waals surface area contributed by atoms with E-state index in [0.717, 1.165) is 6.07 Å². The zero-order chi connectivity index (χ0) is 24.6. The van der Waals surface area contributed by atoms with Gasteiger partial charge in [-0.15, -0.1) is 0 Å². The lowest BCUT2D eigenvalue weighted by Gasteiger charge is -2.08. The average Bonchev–Trinajstić information content (AvgIpc) is 3.46. The van der Waals surface area contributed by atoms with E-state index in [1.165, 1.54) is 30.5 Å². The Kier molecular flexibility index (Phi) is 5.63. The van der Waals surface area contributed by atoms with Gasteiger partial charge in [0.05, 0.1) is 5.56 Å². The molecule has 35 heavy (non-hydrogen) atoms. The minimum Gasteiger partial charge on any atom is -0.484 e. The van der Waals surface area contributed by atoms with Crippen LogP contribution < -0.4 is 9.42 Å². The second-order valence-electron chi connectivity index (χ2n) is 7.56. The Morgan fingerprint density at radius 2 is 1.86 bits per heavy atom. The highest BCUT2D eigenvalue weighted by molar-refractivity contribution is 5.77. The number of H-pyrrole nitrogens is 1. The van der Waals surface area contributed by atoms with E-state index in [0.29, 0.717) is 28.1 Å². The summed E-state index contributed by atoms with van der Waals surface area (Å²) < 4.78 is 76.1. The van der Waals surface area contributed by atoms with Crippen LogP contribution in [0.15, 0.2) is 65.4 Å². The summed E-state index contributed by atoms with van der Waals surface area (Å²) in [4.78, 5) is 7.22. The zero-order valence-corrected chi connectivity index (χ0v) is 17.7. The molecular formula is C23H15F5N5O2+. The standard InChI is InChI=1S/C23H14F5N5O2/c24-17-3-1-2-16(21(17)25)22-30-19-9-29-33(11-20(19)31-22)10-15-8-18(32-35-15)13-4-6-14(7-5-13)34-12-23(26,27)28/h1-9,11H,10,12H2/p+1. The number of ether oxygens (including phenoxy) is 1. The fourth-order valence-corrected chi connectivity index (χ4v) is 3.38. The highest BCUT2D eigenvalue weighted by Gasteiger charge is 2.28. The number of alkyl halides is 3. The third-order valence-corrected chi connectivity index (χ3v) is 5.00. The number of rotatable bonds is 6. The Morgan fingerprint density at radius 3 is 2.63 bits per heavy atom. The van der Waals surface area contributed by atoms with E-state index < -0.39 is 24.4 Å². The van der Waals surface area contributed by atoms with E-state index in [-0.39, 0.29) is 23.7 Å². The third-order valence-electron chi connectivity index (χ3n) is 5.00. The van der Waals surface area contributed by atoms with E-state index in [2.05, 4.69) is 20.2 Å². The summed E-state index contributed by atoms with van der Waals surface area (Å²) in [6, 6.07) is 11.5. The number of hydrogen-bond donors (Lipinski definition) is 1. The number of halogens is 5.